The number of hydrogen-bond donors (Lipinski definition) is 0. The summed E-state index contributed by atoms with van der Waals surface area (Å²) in [4.78, 5) is 22.3. The highest BCUT2D eigenvalue weighted by molar-refractivity contribution is 5.94. The van der Waals surface area contributed by atoms with Crippen LogP contribution in [0, 0.1) is 17.0 Å². The zero-order valence-electron chi connectivity index (χ0n) is 14.2. The highest BCUT2D eigenvalue weighted by atomic mass is 16.6. The summed E-state index contributed by atoms with van der Waals surface area (Å²) in [7, 11) is 0. The van der Waals surface area contributed by atoms with Crippen molar-refractivity contribution >= 4 is 11.5 Å². The molecule has 0 fully saturated rings. The van der Waals surface area contributed by atoms with E-state index in [1.54, 1.807) is 12.1 Å². The van der Waals surface area contributed by atoms with Gasteiger partial charge in [0.25, 0.3) is 5.69 Å². The van der Waals surface area contributed by atoms with Crippen LogP contribution in [-0.2, 0) is 4.79 Å². The van der Waals surface area contributed by atoms with Crippen LogP contribution in [0.25, 0.3) is 0 Å². The van der Waals surface area contributed by atoms with Crippen molar-refractivity contribution in [2.75, 3.05) is 0 Å². The number of allylic oxidation sites excluding steroid dienone is 1. The Labute approximate surface area is 142 Å². The van der Waals surface area contributed by atoms with Gasteiger partial charge in [0.15, 0.2) is 5.78 Å². The third-order valence-corrected chi connectivity index (χ3v) is 4.39. The normalized spacial score (nSPS) is 13.1. The number of non-ortho nitro benzene ring substituents is 1. The van der Waals surface area contributed by atoms with Gasteiger partial charge < -0.3 is 0 Å². The minimum absolute atomic E-state index is 0.0232. The Hall–Kier alpha value is -2.75. The van der Waals surface area contributed by atoms with E-state index in [4.69, 9.17) is 0 Å². The van der Waals surface area contributed by atoms with Gasteiger partial charge in [0.1, 0.15) is 0 Å². The van der Waals surface area contributed by atoms with Gasteiger partial charge in [0.2, 0.25) is 0 Å². The van der Waals surface area contributed by atoms with E-state index in [1.807, 2.05) is 38.1 Å². The predicted molar refractivity (Wildman–Crippen MR) is 95.3 cm³/mol. The van der Waals surface area contributed by atoms with E-state index in [2.05, 4.69) is 6.58 Å². The lowest BCUT2D eigenvalue weighted by Gasteiger charge is -2.26. The number of benzene rings is 2. The van der Waals surface area contributed by atoms with Crippen LogP contribution in [0.1, 0.15) is 42.4 Å². The zero-order valence-corrected chi connectivity index (χ0v) is 14.2. The molecule has 0 aliphatic carbocycles. The molecule has 0 heterocycles. The number of nitro groups is 1. The number of carbonyl (C=O) groups is 1. The molecule has 2 rings (SSSR count). The molecule has 2 aromatic rings. The van der Waals surface area contributed by atoms with E-state index in [0.717, 1.165) is 16.7 Å². The van der Waals surface area contributed by atoms with Gasteiger partial charge in [-0.3, -0.25) is 14.9 Å². The fourth-order valence-corrected chi connectivity index (χ4v) is 2.88. The van der Waals surface area contributed by atoms with Crippen molar-refractivity contribution in [3.63, 3.8) is 0 Å². The Bertz CT molecular complexity index is 760. The molecule has 0 radical (unpaired) electrons. The number of nitrogens with zero attached hydrogens (tertiary/aromatic N) is 1. The first-order valence-electron chi connectivity index (χ1n) is 7.82. The second kappa shape index (κ2) is 7.21. The van der Waals surface area contributed by atoms with Gasteiger partial charge in [0, 0.05) is 18.1 Å². The van der Waals surface area contributed by atoms with Gasteiger partial charge in [-0.15, -0.1) is 0 Å². The standard InChI is InChI=1S/C20H21NO3/c1-13-5-7-18(8-6-13)20(14(2)16(4)22)15(3)17-9-11-19(12-10-17)21(23)24/h5-12,15,20H,2H2,1,3-4H3/t15-,20+/m0/s1. The molecule has 0 saturated carbocycles. The molecular formula is C20H21NO3. The minimum atomic E-state index is -0.416. The first kappa shape index (κ1) is 17.6. The van der Waals surface area contributed by atoms with E-state index in [-0.39, 0.29) is 23.3 Å². The van der Waals surface area contributed by atoms with Crippen LogP contribution in [0.4, 0.5) is 5.69 Å². The lowest BCUT2D eigenvalue weighted by molar-refractivity contribution is -0.384. The molecular weight excluding hydrogens is 302 g/mol. The van der Waals surface area contributed by atoms with E-state index in [0.29, 0.717) is 5.57 Å². The summed E-state index contributed by atoms with van der Waals surface area (Å²) in [5.41, 5.74) is 3.71. The van der Waals surface area contributed by atoms with Crippen LogP contribution in [-0.4, -0.2) is 10.7 Å². The maximum Gasteiger partial charge on any atom is 0.269 e. The molecule has 0 amide bonds. The van der Waals surface area contributed by atoms with Gasteiger partial charge in [0.05, 0.1) is 4.92 Å². The number of Topliss-reactive ketones (excluding diaryl/α,β-unsaturated/α-hetero) is 1. The Morgan fingerprint density at radius 2 is 1.54 bits per heavy atom. The Kier molecular flexibility index (Phi) is 5.29. The lowest BCUT2D eigenvalue weighted by Crippen LogP contribution is -2.15. The zero-order chi connectivity index (χ0) is 17.9. The van der Waals surface area contributed by atoms with Crippen molar-refractivity contribution < 1.29 is 9.72 Å². The van der Waals surface area contributed by atoms with E-state index < -0.39 is 4.92 Å². The van der Waals surface area contributed by atoms with Crippen LogP contribution in [0.3, 0.4) is 0 Å². The van der Waals surface area contributed by atoms with E-state index in [1.165, 1.54) is 19.1 Å². The van der Waals surface area contributed by atoms with Crippen LogP contribution in [0.5, 0.6) is 0 Å². The third-order valence-electron chi connectivity index (χ3n) is 4.39. The molecule has 2 aromatic carbocycles. The van der Waals surface area contributed by atoms with Crippen molar-refractivity contribution in [3.8, 4) is 0 Å². The molecule has 0 saturated heterocycles. The molecule has 0 unspecified atom stereocenters. The van der Waals surface area contributed by atoms with Crippen molar-refractivity contribution in [3.05, 3.63) is 87.5 Å². The van der Waals surface area contributed by atoms with Gasteiger partial charge in [-0.05, 0) is 36.5 Å². The van der Waals surface area contributed by atoms with Crippen molar-refractivity contribution in [2.24, 2.45) is 0 Å². The second-order valence-corrected chi connectivity index (χ2v) is 6.11. The summed E-state index contributed by atoms with van der Waals surface area (Å²) >= 11 is 0. The van der Waals surface area contributed by atoms with Crippen LogP contribution >= 0.6 is 0 Å². The van der Waals surface area contributed by atoms with Crippen LogP contribution in [0.2, 0.25) is 0 Å². The lowest BCUT2D eigenvalue weighted by atomic mass is 9.77. The Morgan fingerprint density at radius 1 is 1.04 bits per heavy atom. The third kappa shape index (κ3) is 3.77. The summed E-state index contributed by atoms with van der Waals surface area (Å²) < 4.78 is 0. The largest absolute Gasteiger partial charge is 0.295 e. The smallest absolute Gasteiger partial charge is 0.269 e. The first-order chi connectivity index (χ1) is 11.3. The number of carbonyl (C=O) groups excluding carboxylic acids is 1. The molecule has 4 nitrogen and oxygen atoms in total. The molecule has 124 valence electrons. The SMILES string of the molecule is C=C(C(C)=O)[C@@H](c1ccc(C)cc1)[C@@H](C)c1ccc([N+](=O)[O-])cc1. The molecule has 24 heavy (non-hydrogen) atoms. The number of nitro benzene ring substituents is 1. The van der Waals surface area contributed by atoms with E-state index in [9.17, 15) is 14.9 Å². The average Bonchev–Trinajstić information content (AvgIpc) is 2.56. The summed E-state index contributed by atoms with van der Waals surface area (Å²) in [5, 5.41) is 10.8. The Morgan fingerprint density at radius 3 is 2.00 bits per heavy atom. The predicted octanol–water partition coefficient (Wildman–Crippen LogP) is 4.94. The van der Waals surface area contributed by atoms with Gasteiger partial charge in [-0.25, -0.2) is 0 Å². The number of rotatable bonds is 6. The summed E-state index contributed by atoms with van der Waals surface area (Å²) in [6.45, 7) is 9.53. The summed E-state index contributed by atoms with van der Waals surface area (Å²) in [6.07, 6.45) is 0. The summed E-state index contributed by atoms with van der Waals surface area (Å²) in [6, 6.07) is 14.5. The highest BCUT2D eigenvalue weighted by Gasteiger charge is 2.26. The van der Waals surface area contributed by atoms with Gasteiger partial charge >= 0.3 is 0 Å². The molecule has 4 heteroatoms. The Balaban J connectivity index is 2.42. The van der Waals surface area contributed by atoms with Gasteiger partial charge in [-0.2, -0.15) is 0 Å². The molecule has 0 bridgehead atoms. The minimum Gasteiger partial charge on any atom is -0.295 e. The van der Waals surface area contributed by atoms with E-state index >= 15 is 0 Å². The van der Waals surface area contributed by atoms with Crippen molar-refractivity contribution in [2.45, 2.75) is 32.6 Å². The second-order valence-electron chi connectivity index (χ2n) is 6.11. The average molecular weight is 323 g/mol. The summed E-state index contributed by atoms with van der Waals surface area (Å²) in [5.74, 6) is -0.233. The quantitative estimate of drug-likeness (QED) is 0.430. The topological polar surface area (TPSA) is 60.2 Å². The molecule has 0 N–H and O–H groups in total. The molecule has 0 aromatic heterocycles. The fourth-order valence-electron chi connectivity index (χ4n) is 2.88. The fraction of sp³-hybridized carbons (Fsp3) is 0.250. The number of hydrogen-bond acceptors (Lipinski definition) is 3. The van der Waals surface area contributed by atoms with Crippen LogP contribution < -0.4 is 0 Å². The molecule has 0 spiro atoms. The maximum atomic E-state index is 11.9. The monoisotopic (exact) mass is 323 g/mol. The highest BCUT2D eigenvalue weighted by Crippen LogP contribution is 2.38. The van der Waals surface area contributed by atoms with Gasteiger partial charge in [-0.1, -0.05) is 55.5 Å². The first-order valence-corrected chi connectivity index (χ1v) is 7.82. The van der Waals surface area contributed by atoms with Crippen molar-refractivity contribution in [1.29, 1.82) is 0 Å². The molecule has 2 atom stereocenters. The maximum absolute atomic E-state index is 11.9. The van der Waals surface area contributed by atoms with Crippen LogP contribution in [0.15, 0.2) is 60.7 Å². The number of ketones is 1. The van der Waals surface area contributed by atoms with Crippen molar-refractivity contribution in [1.82, 2.24) is 0 Å². The number of aryl methyl sites for hydroxylation is 1. The molecule has 0 aliphatic heterocycles. The molecule has 0 aliphatic rings.